The van der Waals surface area contributed by atoms with E-state index in [1.54, 1.807) is 12.1 Å². The first-order valence-corrected chi connectivity index (χ1v) is 5.66. The monoisotopic (exact) mass is 291 g/mol. The van der Waals surface area contributed by atoms with Crippen LogP contribution < -0.4 is 5.73 Å². The van der Waals surface area contributed by atoms with E-state index in [0.29, 0.717) is 0 Å². The maximum atomic E-state index is 10.4. The van der Waals surface area contributed by atoms with Gasteiger partial charge in [-0.05, 0) is 24.3 Å². The molecule has 0 heterocycles. The number of aromatic hydroxyl groups is 2. The molecule has 0 fully saturated rings. The fourth-order valence-corrected chi connectivity index (χ4v) is 1.39. The van der Waals surface area contributed by atoms with Crippen molar-refractivity contribution in [2.24, 2.45) is 0 Å². The van der Waals surface area contributed by atoms with E-state index in [-0.39, 0.29) is 28.3 Å². The van der Waals surface area contributed by atoms with Gasteiger partial charge >= 0.3 is 11.9 Å². The van der Waals surface area contributed by atoms with E-state index in [1.807, 2.05) is 0 Å². The molecule has 2 rings (SSSR count). The lowest BCUT2D eigenvalue weighted by Crippen LogP contribution is -1.98. The van der Waals surface area contributed by atoms with Crippen LogP contribution in [0.5, 0.6) is 11.5 Å². The fourth-order valence-electron chi connectivity index (χ4n) is 1.39. The minimum atomic E-state index is -1.19. The van der Waals surface area contributed by atoms with E-state index < -0.39 is 11.9 Å². The smallest absolute Gasteiger partial charge is 0.339 e. The van der Waals surface area contributed by atoms with E-state index >= 15 is 0 Å². The predicted octanol–water partition coefficient (Wildman–Crippen LogP) is 1.76. The van der Waals surface area contributed by atoms with Crippen LogP contribution in [0.25, 0.3) is 0 Å². The molecule has 7 nitrogen and oxygen atoms in total. The zero-order valence-corrected chi connectivity index (χ0v) is 10.7. The van der Waals surface area contributed by atoms with E-state index in [1.165, 1.54) is 30.3 Å². The zero-order chi connectivity index (χ0) is 16.0. The highest BCUT2D eigenvalue weighted by Crippen LogP contribution is 2.23. The number of benzene rings is 2. The number of carbonyl (C=O) groups is 2. The molecule has 0 aromatic heterocycles. The topological polar surface area (TPSA) is 141 Å². The van der Waals surface area contributed by atoms with Crippen LogP contribution in [0.3, 0.4) is 0 Å². The van der Waals surface area contributed by atoms with E-state index in [4.69, 9.17) is 26.2 Å². The average molecular weight is 291 g/mol. The first-order chi connectivity index (χ1) is 9.84. The number of anilines is 1. The molecule has 0 saturated heterocycles. The molecule has 0 aliphatic heterocycles. The van der Waals surface area contributed by atoms with Gasteiger partial charge in [0, 0.05) is 0 Å². The summed E-state index contributed by atoms with van der Waals surface area (Å²) >= 11 is 0. The SMILES string of the molecule is Nc1cccc(C(=O)O)c1O.O=C(O)c1ccccc1O. The fraction of sp³-hybridized carbons (Fsp3) is 0. The summed E-state index contributed by atoms with van der Waals surface area (Å²) in [4.78, 5) is 20.6. The first kappa shape index (κ1) is 15.8. The number of nitrogens with two attached hydrogens (primary N) is 1. The van der Waals surface area contributed by atoms with Crippen molar-refractivity contribution in [1.29, 1.82) is 0 Å². The van der Waals surface area contributed by atoms with Gasteiger partial charge in [0.1, 0.15) is 16.9 Å². The van der Waals surface area contributed by atoms with Gasteiger partial charge in [0.05, 0.1) is 5.69 Å². The minimum Gasteiger partial charge on any atom is -0.507 e. The summed E-state index contributed by atoms with van der Waals surface area (Å²) in [6, 6.07) is 10.0. The Hall–Kier alpha value is -3.22. The van der Waals surface area contributed by atoms with Crippen molar-refractivity contribution in [1.82, 2.24) is 0 Å². The van der Waals surface area contributed by atoms with Crippen LogP contribution in [-0.2, 0) is 0 Å². The van der Waals surface area contributed by atoms with Crippen LogP contribution >= 0.6 is 0 Å². The molecule has 0 saturated carbocycles. The molecule has 0 atom stereocenters. The second-order valence-electron chi connectivity index (χ2n) is 3.87. The van der Waals surface area contributed by atoms with Gasteiger partial charge in [0.15, 0.2) is 5.75 Å². The van der Waals surface area contributed by atoms with Gasteiger partial charge in [-0.25, -0.2) is 9.59 Å². The van der Waals surface area contributed by atoms with Crippen molar-refractivity contribution in [3.8, 4) is 11.5 Å². The molecule has 0 unspecified atom stereocenters. The van der Waals surface area contributed by atoms with Crippen molar-refractivity contribution in [2.45, 2.75) is 0 Å². The second kappa shape index (κ2) is 6.80. The molecule has 0 amide bonds. The van der Waals surface area contributed by atoms with Crippen LogP contribution in [0.15, 0.2) is 42.5 Å². The number of rotatable bonds is 2. The summed E-state index contributed by atoms with van der Waals surface area (Å²) < 4.78 is 0. The Bertz CT molecular complexity index is 668. The van der Waals surface area contributed by atoms with Gasteiger partial charge in [-0.3, -0.25) is 0 Å². The molecule has 21 heavy (non-hydrogen) atoms. The summed E-state index contributed by atoms with van der Waals surface area (Å²) in [6.07, 6.45) is 0. The molecule has 0 aliphatic rings. The average Bonchev–Trinajstić information content (AvgIpc) is 2.42. The minimum absolute atomic E-state index is 0.0671. The van der Waals surface area contributed by atoms with Crippen molar-refractivity contribution in [3.05, 3.63) is 53.6 Å². The molecule has 0 bridgehead atoms. The molecule has 2 aromatic carbocycles. The molecular formula is C14H13NO6. The van der Waals surface area contributed by atoms with Gasteiger partial charge in [0.2, 0.25) is 0 Å². The Morgan fingerprint density at radius 2 is 1.33 bits per heavy atom. The summed E-state index contributed by atoms with van der Waals surface area (Å²) in [6.45, 7) is 0. The summed E-state index contributed by atoms with van der Waals surface area (Å²) in [7, 11) is 0. The number of hydrogen-bond donors (Lipinski definition) is 5. The number of phenols is 2. The van der Waals surface area contributed by atoms with E-state index in [2.05, 4.69) is 0 Å². The second-order valence-corrected chi connectivity index (χ2v) is 3.87. The summed E-state index contributed by atoms with van der Waals surface area (Å²) in [5, 5.41) is 34.8. The third-order valence-electron chi connectivity index (χ3n) is 2.43. The Balaban J connectivity index is 0.000000211. The molecule has 0 spiro atoms. The largest absolute Gasteiger partial charge is 0.507 e. The van der Waals surface area contributed by atoms with Crippen LogP contribution in [0.2, 0.25) is 0 Å². The van der Waals surface area contributed by atoms with Gasteiger partial charge in [-0.1, -0.05) is 18.2 Å². The quantitative estimate of drug-likeness (QED) is 0.419. The molecule has 110 valence electrons. The van der Waals surface area contributed by atoms with Crippen molar-refractivity contribution in [2.75, 3.05) is 5.73 Å². The number of carboxylic acids is 2. The van der Waals surface area contributed by atoms with E-state index in [9.17, 15) is 9.59 Å². The van der Waals surface area contributed by atoms with Gasteiger partial charge in [-0.15, -0.1) is 0 Å². The van der Waals surface area contributed by atoms with Crippen LogP contribution in [0.4, 0.5) is 5.69 Å². The molecule has 6 N–H and O–H groups in total. The first-order valence-electron chi connectivity index (χ1n) is 5.66. The lowest BCUT2D eigenvalue weighted by Gasteiger charge is -2.00. The van der Waals surface area contributed by atoms with Gasteiger partial charge in [-0.2, -0.15) is 0 Å². The highest BCUT2D eigenvalue weighted by Gasteiger charge is 2.10. The Morgan fingerprint density at radius 3 is 1.76 bits per heavy atom. The highest BCUT2D eigenvalue weighted by atomic mass is 16.4. The van der Waals surface area contributed by atoms with Gasteiger partial charge in [0.25, 0.3) is 0 Å². The van der Waals surface area contributed by atoms with Crippen LogP contribution in [-0.4, -0.2) is 32.4 Å². The van der Waals surface area contributed by atoms with E-state index in [0.717, 1.165) is 0 Å². The Kier molecular flexibility index (Phi) is 5.13. The third kappa shape index (κ3) is 4.13. The maximum Gasteiger partial charge on any atom is 0.339 e. The predicted molar refractivity (Wildman–Crippen MR) is 74.5 cm³/mol. The lowest BCUT2D eigenvalue weighted by molar-refractivity contribution is 0.0682. The maximum absolute atomic E-state index is 10.4. The number of para-hydroxylation sites is 2. The standard InChI is InChI=1S/C7H7NO3.C7H6O3/c8-5-3-1-2-4(6(5)9)7(10)11;8-6-4-2-1-3-5(6)7(9)10/h1-3,9H,8H2,(H,10,11);1-4,8H,(H,9,10). The zero-order valence-electron chi connectivity index (χ0n) is 10.7. The molecule has 2 aromatic rings. The van der Waals surface area contributed by atoms with Crippen molar-refractivity contribution in [3.63, 3.8) is 0 Å². The molecule has 0 radical (unpaired) electrons. The molecule has 7 heteroatoms. The number of aromatic carboxylic acids is 2. The Morgan fingerprint density at radius 1 is 0.810 bits per heavy atom. The summed E-state index contributed by atoms with van der Waals surface area (Å²) in [5.74, 6) is -2.87. The lowest BCUT2D eigenvalue weighted by atomic mass is 10.2. The highest BCUT2D eigenvalue weighted by molar-refractivity contribution is 5.92. The summed E-state index contributed by atoms with van der Waals surface area (Å²) in [5.41, 5.74) is 5.08. The third-order valence-corrected chi connectivity index (χ3v) is 2.43. The van der Waals surface area contributed by atoms with Crippen LogP contribution in [0.1, 0.15) is 20.7 Å². The number of hydrogen-bond acceptors (Lipinski definition) is 5. The van der Waals surface area contributed by atoms with Crippen molar-refractivity contribution < 1.29 is 30.0 Å². The normalized spacial score (nSPS) is 9.33. The molecular weight excluding hydrogens is 278 g/mol. The molecule has 0 aliphatic carbocycles. The number of nitrogen functional groups attached to an aromatic ring is 1. The van der Waals surface area contributed by atoms with Crippen molar-refractivity contribution >= 4 is 17.6 Å². The van der Waals surface area contributed by atoms with Crippen LogP contribution in [0, 0.1) is 0 Å². The van der Waals surface area contributed by atoms with Gasteiger partial charge < -0.3 is 26.2 Å². The Labute approximate surface area is 119 Å². The number of carboxylic acid groups (broad SMARTS) is 2.